The normalized spacial score (nSPS) is 23.7. The van der Waals surface area contributed by atoms with Gasteiger partial charge in [-0.25, -0.2) is 0 Å². The molecule has 3 heterocycles. The second kappa shape index (κ2) is 5.38. The Bertz CT molecular complexity index is 761. The van der Waals surface area contributed by atoms with Crippen molar-refractivity contribution in [1.82, 2.24) is 15.6 Å². The second-order valence-electron chi connectivity index (χ2n) is 6.27. The van der Waals surface area contributed by atoms with Crippen LogP contribution in [0.2, 0.25) is 0 Å². The molecular formula is C17H19N3O3. The van der Waals surface area contributed by atoms with E-state index in [1.54, 1.807) is 0 Å². The summed E-state index contributed by atoms with van der Waals surface area (Å²) in [5.41, 5.74) is 1.28. The van der Waals surface area contributed by atoms with Crippen LogP contribution in [0.25, 0.3) is 10.9 Å². The number of carbonyl (C=O) groups is 2. The standard InChI is InChI=1S/C17H19N3O3/c21-15-14(9-11-10-18-13-4-2-1-3-12(11)13)19-16(22)17(20-15)5-7-23-8-6-17/h1-4,10,14,18H,5-9H2,(H,19,22)(H,20,21)/t14-/m0/s1. The summed E-state index contributed by atoms with van der Waals surface area (Å²) in [5.74, 6) is -0.206. The minimum absolute atomic E-state index is 0.0924. The Labute approximate surface area is 133 Å². The van der Waals surface area contributed by atoms with Gasteiger partial charge in [0.2, 0.25) is 11.8 Å². The molecule has 1 atom stereocenters. The van der Waals surface area contributed by atoms with Crippen molar-refractivity contribution in [3.05, 3.63) is 36.0 Å². The van der Waals surface area contributed by atoms with Gasteiger partial charge in [0.25, 0.3) is 0 Å². The van der Waals surface area contributed by atoms with Gasteiger partial charge in [0.05, 0.1) is 0 Å². The van der Waals surface area contributed by atoms with Crippen molar-refractivity contribution >= 4 is 22.7 Å². The number of hydrogen-bond acceptors (Lipinski definition) is 3. The number of aromatic amines is 1. The zero-order chi connectivity index (χ0) is 15.9. The number of ether oxygens (including phenoxy) is 1. The lowest BCUT2D eigenvalue weighted by Gasteiger charge is -2.42. The van der Waals surface area contributed by atoms with E-state index in [1.807, 2.05) is 30.5 Å². The summed E-state index contributed by atoms with van der Waals surface area (Å²) >= 11 is 0. The van der Waals surface area contributed by atoms with Gasteiger partial charge in [-0.1, -0.05) is 18.2 Å². The molecule has 3 N–H and O–H groups in total. The maximum atomic E-state index is 12.5. The highest BCUT2D eigenvalue weighted by Gasteiger charge is 2.47. The van der Waals surface area contributed by atoms with Crippen LogP contribution in [0.4, 0.5) is 0 Å². The van der Waals surface area contributed by atoms with Gasteiger partial charge < -0.3 is 20.4 Å². The molecule has 0 saturated carbocycles. The van der Waals surface area contributed by atoms with Crippen LogP contribution < -0.4 is 10.6 Å². The number of aromatic nitrogens is 1. The van der Waals surface area contributed by atoms with E-state index in [-0.39, 0.29) is 11.8 Å². The van der Waals surface area contributed by atoms with Gasteiger partial charge in [0, 0.05) is 49.6 Å². The van der Waals surface area contributed by atoms with Gasteiger partial charge in [0.15, 0.2) is 0 Å². The number of amides is 2. The number of piperazine rings is 1. The van der Waals surface area contributed by atoms with Crippen LogP contribution >= 0.6 is 0 Å². The van der Waals surface area contributed by atoms with Crippen LogP contribution in [-0.4, -0.2) is 41.6 Å². The van der Waals surface area contributed by atoms with Crippen molar-refractivity contribution in [2.75, 3.05) is 13.2 Å². The number of fused-ring (bicyclic) bond motifs is 1. The Balaban J connectivity index is 1.54. The van der Waals surface area contributed by atoms with E-state index in [0.29, 0.717) is 32.5 Å². The first-order valence-corrected chi connectivity index (χ1v) is 7.94. The molecule has 23 heavy (non-hydrogen) atoms. The Hall–Kier alpha value is -2.34. The van der Waals surface area contributed by atoms with Gasteiger partial charge in [-0.3, -0.25) is 9.59 Å². The molecule has 1 spiro atoms. The molecule has 2 saturated heterocycles. The monoisotopic (exact) mass is 313 g/mol. The predicted molar refractivity (Wildman–Crippen MR) is 84.9 cm³/mol. The van der Waals surface area contributed by atoms with E-state index in [1.165, 1.54) is 0 Å². The predicted octanol–water partition coefficient (Wildman–Crippen LogP) is 0.874. The summed E-state index contributed by atoms with van der Waals surface area (Å²) in [6.45, 7) is 1.00. The fraction of sp³-hybridized carbons (Fsp3) is 0.412. The average Bonchev–Trinajstić information content (AvgIpc) is 2.97. The Morgan fingerprint density at radius 3 is 2.78 bits per heavy atom. The van der Waals surface area contributed by atoms with E-state index in [4.69, 9.17) is 4.74 Å². The van der Waals surface area contributed by atoms with Crippen LogP contribution in [0.1, 0.15) is 18.4 Å². The van der Waals surface area contributed by atoms with E-state index in [2.05, 4.69) is 15.6 Å². The van der Waals surface area contributed by atoms with Crippen molar-refractivity contribution in [2.24, 2.45) is 0 Å². The Kier molecular flexibility index (Phi) is 3.34. The van der Waals surface area contributed by atoms with Gasteiger partial charge in [-0.2, -0.15) is 0 Å². The first-order chi connectivity index (χ1) is 11.2. The molecule has 2 aliphatic heterocycles. The molecular weight excluding hydrogens is 294 g/mol. The SMILES string of the molecule is O=C1NC2(CCOCC2)C(=O)N[C@H]1Cc1c[nH]c2ccccc12. The van der Waals surface area contributed by atoms with E-state index in [0.717, 1.165) is 16.5 Å². The summed E-state index contributed by atoms with van der Waals surface area (Å²) in [6, 6.07) is 7.41. The van der Waals surface area contributed by atoms with E-state index >= 15 is 0 Å². The summed E-state index contributed by atoms with van der Waals surface area (Å²) in [4.78, 5) is 28.2. The second-order valence-corrected chi connectivity index (χ2v) is 6.27. The maximum Gasteiger partial charge on any atom is 0.246 e. The molecule has 2 aromatic rings. The maximum absolute atomic E-state index is 12.5. The van der Waals surface area contributed by atoms with Gasteiger partial charge in [-0.05, 0) is 11.6 Å². The molecule has 6 heteroatoms. The van der Waals surface area contributed by atoms with Gasteiger partial charge in [-0.15, -0.1) is 0 Å². The highest BCUT2D eigenvalue weighted by Crippen LogP contribution is 2.25. The molecule has 1 aromatic heterocycles. The van der Waals surface area contributed by atoms with E-state index < -0.39 is 11.6 Å². The number of nitrogens with one attached hydrogen (secondary N) is 3. The fourth-order valence-corrected chi connectivity index (χ4v) is 3.48. The quantitative estimate of drug-likeness (QED) is 0.769. The van der Waals surface area contributed by atoms with Crippen LogP contribution in [0.5, 0.6) is 0 Å². The third-order valence-electron chi connectivity index (χ3n) is 4.86. The number of carbonyl (C=O) groups excluding carboxylic acids is 2. The van der Waals surface area contributed by atoms with Crippen molar-refractivity contribution in [2.45, 2.75) is 30.8 Å². The van der Waals surface area contributed by atoms with Crippen molar-refractivity contribution < 1.29 is 14.3 Å². The van der Waals surface area contributed by atoms with Crippen molar-refractivity contribution in [3.8, 4) is 0 Å². The number of rotatable bonds is 2. The minimum Gasteiger partial charge on any atom is -0.381 e. The zero-order valence-electron chi connectivity index (χ0n) is 12.7. The van der Waals surface area contributed by atoms with Crippen molar-refractivity contribution in [1.29, 1.82) is 0 Å². The summed E-state index contributed by atoms with van der Waals surface area (Å²) in [7, 11) is 0. The molecule has 0 bridgehead atoms. The summed E-state index contributed by atoms with van der Waals surface area (Å²) in [6.07, 6.45) is 3.45. The lowest BCUT2D eigenvalue weighted by molar-refractivity contribution is -0.145. The van der Waals surface area contributed by atoms with E-state index in [9.17, 15) is 9.59 Å². The molecule has 2 amide bonds. The number of H-pyrrole nitrogens is 1. The summed E-state index contributed by atoms with van der Waals surface area (Å²) in [5, 5.41) is 6.94. The zero-order valence-corrected chi connectivity index (χ0v) is 12.7. The topological polar surface area (TPSA) is 83.2 Å². The molecule has 2 aliphatic rings. The summed E-state index contributed by atoms with van der Waals surface area (Å²) < 4.78 is 5.31. The number of hydrogen-bond donors (Lipinski definition) is 3. The molecule has 0 aliphatic carbocycles. The third-order valence-corrected chi connectivity index (χ3v) is 4.86. The Morgan fingerprint density at radius 1 is 1.17 bits per heavy atom. The molecule has 6 nitrogen and oxygen atoms in total. The third kappa shape index (κ3) is 2.39. The lowest BCUT2D eigenvalue weighted by Crippen LogP contribution is -2.71. The number of benzene rings is 1. The highest BCUT2D eigenvalue weighted by atomic mass is 16.5. The first kappa shape index (κ1) is 14.3. The van der Waals surface area contributed by atoms with Crippen LogP contribution in [0, 0.1) is 0 Å². The molecule has 120 valence electrons. The van der Waals surface area contributed by atoms with Crippen molar-refractivity contribution in [3.63, 3.8) is 0 Å². The Morgan fingerprint density at radius 2 is 1.96 bits per heavy atom. The molecule has 1 aromatic carbocycles. The molecule has 0 radical (unpaired) electrons. The molecule has 4 rings (SSSR count). The smallest absolute Gasteiger partial charge is 0.246 e. The number of para-hydroxylation sites is 1. The molecule has 0 unspecified atom stereocenters. The van der Waals surface area contributed by atoms with Crippen LogP contribution in [0.3, 0.4) is 0 Å². The minimum atomic E-state index is -0.786. The largest absolute Gasteiger partial charge is 0.381 e. The van der Waals surface area contributed by atoms with Crippen LogP contribution in [0.15, 0.2) is 30.5 Å². The first-order valence-electron chi connectivity index (χ1n) is 7.94. The fourth-order valence-electron chi connectivity index (χ4n) is 3.48. The lowest BCUT2D eigenvalue weighted by atomic mass is 9.85. The average molecular weight is 313 g/mol. The van der Waals surface area contributed by atoms with Gasteiger partial charge >= 0.3 is 0 Å². The van der Waals surface area contributed by atoms with Crippen LogP contribution in [-0.2, 0) is 20.7 Å². The highest BCUT2D eigenvalue weighted by molar-refractivity contribution is 6.00. The van der Waals surface area contributed by atoms with Gasteiger partial charge in [0.1, 0.15) is 11.6 Å². The molecule has 2 fully saturated rings.